The Kier molecular flexibility index (Phi) is 6.15. The number of rotatable bonds is 7. The number of carbonyl (C=O) groups is 1. The summed E-state index contributed by atoms with van der Waals surface area (Å²) in [4.78, 5) is 12.1. The Morgan fingerprint density at radius 2 is 1.78 bits per heavy atom. The van der Waals surface area contributed by atoms with Gasteiger partial charge in [0.1, 0.15) is 11.6 Å². The number of benzene rings is 2. The summed E-state index contributed by atoms with van der Waals surface area (Å²) in [5.41, 5.74) is 2.02. The number of aryl methyl sites for hydroxylation is 1. The van der Waals surface area contributed by atoms with Crippen molar-refractivity contribution >= 4 is 5.91 Å². The van der Waals surface area contributed by atoms with Crippen molar-refractivity contribution in [3.8, 4) is 5.75 Å². The smallest absolute Gasteiger partial charge is 0.220 e. The molecule has 122 valence electrons. The molecule has 0 aliphatic heterocycles. The molecule has 1 N–H and O–H groups in total. The summed E-state index contributed by atoms with van der Waals surface area (Å²) in [5.74, 6) is 0.534. The largest absolute Gasteiger partial charge is 0.497 e. The molecule has 0 radical (unpaired) electrons. The number of amides is 1. The SMILES string of the molecule is CCC(NC(=O)CCc1ccc(F)cc1)c1ccc(OC)cc1. The van der Waals surface area contributed by atoms with Crippen LogP contribution in [0.25, 0.3) is 0 Å². The van der Waals surface area contributed by atoms with Gasteiger partial charge in [-0.15, -0.1) is 0 Å². The second-order valence-corrected chi connectivity index (χ2v) is 5.43. The first-order valence-corrected chi connectivity index (χ1v) is 7.80. The third kappa shape index (κ3) is 5.09. The number of hydrogen-bond donors (Lipinski definition) is 1. The Bertz CT molecular complexity index is 623. The van der Waals surface area contributed by atoms with Gasteiger partial charge in [0.2, 0.25) is 5.91 Å². The molecule has 0 heterocycles. The molecule has 23 heavy (non-hydrogen) atoms. The van der Waals surface area contributed by atoms with Crippen LogP contribution in [0.15, 0.2) is 48.5 Å². The van der Waals surface area contributed by atoms with E-state index >= 15 is 0 Å². The first-order chi connectivity index (χ1) is 11.1. The van der Waals surface area contributed by atoms with E-state index in [-0.39, 0.29) is 17.8 Å². The molecule has 0 fully saturated rings. The fourth-order valence-corrected chi connectivity index (χ4v) is 2.43. The number of hydrogen-bond acceptors (Lipinski definition) is 2. The Hall–Kier alpha value is -2.36. The first kappa shape index (κ1) is 17.0. The average molecular weight is 315 g/mol. The molecule has 4 heteroatoms. The molecule has 0 saturated carbocycles. The van der Waals surface area contributed by atoms with Gasteiger partial charge in [0.05, 0.1) is 13.2 Å². The standard InChI is InChI=1S/C19H22FNO2/c1-3-18(15-7-11-17(23-2)12-8-15)21-19(22)13-6-14-4-9-16(20)10-5-14/h4-5,7-12,18H,3,6,13H2,1-2H3,(H,21,22). The van der Waals surface area contributed by atoms with Gasteiger partial charge < -0.3 is 10.1 Å². The molecule has 2 aromatic rings. The number of carbonyl (C=O) groups excluding carboxylic acids is 1. The van der Waals surface area contributed by atoms with Crippen LogP contribution >= 0.6 is 0 Å². The second-order valence-electron chi connectivity index (χ2n) is 5.43. The van der Waals surface area contributed by atoms with Crippen molar-refractivity contribution < 1.29 is 13.9 Å². The molecule has 3 nitrogen and oxygen atoms in total. The van der Waals surface area contributed by atoms with Crippen molar-refractivity contribution in [2.45, 2.75) is 32.2 Å². The summed E-state index contributed by atoms with van der Waals surface area (Å²) in [6, 6.07) is 14.0. The summed E-state index contributed by atoms with van der Waals surface area (Å²) in [5, 5.41) is 3.05. The number of methoxy groups -OCH3 is 1. The molecule has 0 bridgehead atoms. The predicted molar refractivity (Wildman–Crippen MR) is 88.9 cm³/mol. The van der Waals surface area contributed by atoms with Crippen LogP contribution in [0, 0.1) is 5.82 Å². The van der Waals surface area contributed by atoms with Crippen molar-refractivity contribution in [2.75, 3.05) is 7.11 Å². The van der Waals surface area contributed by atoms with E-state index in [0.717, 1.165) is 23.3 Å². The summed E-state index contributed by atoms with van der Waals surface area (Å²) < 4.78 is 18.0. The summed E-state index contributed by atoms with van der Waals surface area (Å²) in [7, 11) is 1.63. The topological polar surface area (TPSA) is 38.3 Å². The van der Waals surface area contributed by atoms with E-state index in [1.54, 1.807) is 19.2 Å². The number of halogens is 1. The minimum Gasteiger partial charge on any atom is -0.497 e. The van der Waals surface area contributed by atoms with Crippen molar-refractivity contribution in [1.82, 2.24) is 5.32 Å². The van der Waals surface area contributed by atoms with Gasteiger partial charge in [-0.2, -0.15) is 0 Å². The molecule has 1 atom stereocenters. The van der Waals surface area contributed by atoms with Gasteiger partial charge in [-0.1, -0.05) is 31.2 Å². The molecule has 0 aliphatic carbocycles. The molecule has 0 saturated heterocycles. The lowest BCUT2D eigenvalue weighted by molar-refractivity contribution is -0.121. The molecule has 1 unspecified atom stereocenters. The van der Waals surface area contributed by atoms with E-state index in [4.69, 9.17) is 4.74 Å². The van der Waals surface area contributed by atoms with Crippen molar-refractivity contribution in [3.63, 3.8) is 0 Å². The van der Waals surface area contributed by atoms with Crippen molar-refractivity contribution in [3.05, 3.63) is 65.5 Å². The van der Waals surface area contributed by atoms with E-state index < -0.39 is 0 Å². The van der Waals surface area contributed by atoms with Gasteiger partial charge in [-0.25, -0.2) is 4.39 Å². The third-order valence-electron chi connectivity index (χ3n) is 3.82. The molecule has 2 aromatic carbocycles. The fourth-order valence-electron chi connectivity index (χ4n) is 2.43. The van der Waals surface area contributed by atoms with Gasteiger partial charge in [-0.3, -0.25) is 4.79 Å². The number of nitrogens with one attached hydrogen (secondary N) is 1. The first-order valence-electron chi connectivity index (χ1n) is 7.80. The van der Waals surface area contributed by atoms with Crippen LogP contribution in [0.1, 0.15) is 36.9 Å². The highest BCUT2D eigenvalue weighted by molar-refractivity contribution is 5.76. The monoisotopic (exact) mass is 315 g/mol. The zero-order chi connectivity index (χ0) is 16.7. The van der Waals surface area contributed by atoms with Crippen LogP contribution < -0.4 is 10.1 Å². The second kappa shape index (κ2) is 8.32. The molecule has 0 aromatic heterocycles. The normalized spacial score (nSPS) is 11.8. The molecule has 2 rings (SSSR count). The Balaban J connectivity index is 1.89. The Morgan fingerprint density at radius 1 is 1.13 bits per heavy atom. The maximum atomic E-state index is 12.9. The van der Waals surface area contributed by atoms with Gasteiger partial charge >= 0.3 is 0 Å². The van der Waals surface area contributed by atoms with Gasteiger partial charge in [-0.05, 0) is 48.2 Å². The lowest BCUT2D eigenvalue weighted by atomic mass is 10.0. The van der Waals surface area contributed by atoms with E-state index in [1.165, 1.54) is 12.1 Å². The molecular weight excluding hydrogens is 293 g/mol. The highest BCUT2D eigenvalue weighted by Gasteiger charge is 2.12. The maximum Gasteiger partial charge on any atom is 0.220 e. The van der Waals surface area contributed by atoms with Crippen LogP contribution in [0.5, 0.6) is 5.75 Å². The van der Waals surface area contributed by atoms with E-state index in [9.17, 15) is 9.18 Å². The van der Waals surface area contributed by atoms with Crippen LogP contribution in [0.2, 0.25) is 0 Å². The maximum absolute atomic E-state index is 12.9. The predicted octanol–water partition coefficient (Wildman–Crippen LogP) is 4.03. The lowest BCUT2D eigenvalue weighted by Crippen LogP contribution is -2.28. The quantitative estimate of drug-likeness (QED) is 0.837. The lowest BCUT2D eigenvalue weighted by Gasteiger charge is -2.18. The summed E-state index contributed by atoms with van der Waals surface area (Å²) >= 11 is 0. The van der Waals surface area contributed by atoms with Crippen LogP contribution in [0.3, 0.4) is 0 Å². The number of ether oxygens (including phenoxy) is 1. The zero-order valence-corrected chi connectivity index (χ0v) is 13.5. The fraction of sp³-hybridized carbons (Fsp3) is 0.316. The Morgan fingerprint density at radius 3 is 2.35 bits per heavy atom. The van der Waals surface area contributed by atoms with Crippen LogP contribution in [0.4, 0.5) is 4.39 Å². The van der Waals surface area contributed by atoms with Crippen LogP contribution in [-0.2, 0) is 11.2 Å². The van der Waals surface area contributed by atoms with E-state index in [0.29, 0.717) is 12.8 Å². The molecule has 0 spiro atoms. The molecule has 0 aliphatic rings. The highest BCUT2D eigenvalue weighted by Crippen LogP contribution is 2.20. The molecule has 1 amide bonds. The molecular formula is C19H22FNO2. The van der Waals surface area contributed by atoms with Gasteiger partial charge in [0.25, 0.3) is 0 Å². The minimum atomic E-state index is -0.260. The zero-order valence-electron chi connectivity index (χ0n) is 13.5. The third-order valence-corrected chi connectivity index (χ3v) is 3.82. The average Bonchev–Trinajstić information content (AvgIpc) is 2.59. The van der Waals surface area contributed by atoms with Crippen molar-refractivity contribution in [2.24, 2.45) is 0 Å². The van der Waals surface area contributed by atoms with E-state index in [2.05, 4.69) is 5.32 Å². The Labute approximate surface area is 136 Å². The van der Waals surface area contributed by atoms with Gasteiger partial charge in [0.15, 0.2) is 0 Å². The summed E-state index contributed by atoms with van der Waals surface area (Å²) in [6.07, 6.45) is 1.80. The highest BCUT2D eigenvalue weighted by atomic mass is 19.1. The summed E-state index contributed by atoms with van der Waals surface area (Å²) in [6.45, 7) is 2.04. The van der Waals surface area contributed by atoms with Crippen molar-refractivity contribution in [1.29, 1.82) is 0 Å². The van der Waals surface area contributed by atoms with Crippen LogP contribution in [-0.4, -0.2) is 13.0 Å². The van der Waals surface area contributed by atoms with E-state index in [1.807, 2.05) is 31.2 Å². The minimum absolute atomic E-state index is 0.00278. The van der Waals surface area contributed by atoms with Gasteiger partial charge in [0, 0.05) is 6.42 Å².